The van der Waals surface area contributed by atoms with Crippen molar-refractivity contribution in [2.45, 2.75) is 50.8 Å². The molecule has 2 atom stereocenters. The van der Waals surface area contributed by atoms with Crippen molar-refractivity contribution in [1.29, 1.82) is 0 Å². The number of esters is 1. The normalized spacial score (nSPS) is 31.9. The quantitative estimate of drug-likeness (QED) is 0.763. The van der Waals surface area contributed by atoms with Gasteiger partial charge in [-0.25, -0.2) is 4.79 Å². The molecule has 2 bridgehead atoms. The monoisotopic (exact) mass is 249 g/mol. The molecule has 0 saturated carbocycles. The molecule has 16 heavy (non-hydrogen) atoms. The van der Waals surface area contributed by atoms with E-state index in [4.69, 9.17) is 9.47 Å². The van der Waals surface area contributed by atoms with E-state index in [0.717, 1.165) is 12.8 Å². The molecule has 0 aromatic rings. The predicted molar refractivity (Wildman–Crippen MR) is 62.8 cm³/mol. The van der Waals surface area contributed by atoms with Gasteiger partial charge in [-0.3, -0.25) is 0 Å². The summed E-state index contributed by atoms with van der Waals surface area (Å²) in [7, 11) is 0. The van der Waals surface area contributed by atoms with Crippen LogP contribution >= 0.6 is 12.4 Å². The number of fused-ring (bicyclic) bond motifs is 2. The van der Waals surface area contributed by atoms with E-state index in [1.165, 1.54) is 12.8 Å². The van der Waals surface area contributed by atoms with Crippen LogP contribution in [0.2, 0.25) is 0 Å². The first-order chi connectivity index (χ1) is 7.28. The molecule has 0 spiro atoms. The molecule has 1 N–H and O–H groups in total. The smallest absolute Gasteiger partial charge is 0.332 e. The Balaban J connectivity index is 0.00000128. The summed E-state index contributed by atoms with van der Waals surface area (Å²) < 4.78 is 10.4. The number of hydrogen-bond acceptors (Lipinski definition) is 4. The number of hydrogen-bond donors (Lipinski definition) is 1. The summed E-state index contributed by atoms with van der Waals surface area (Å²) >= 11 is 0. The first-order valence-corrected chi connectivity index (χ1v) is 5.81. The highest BCUT2D eigenvalue weighted by atomic mass is 35.5. The molecule has 2 rings (SSSR count). The predicted octanol–water partition coefficient (Wildman–Crippen LogP) is 1.27. The minimum absolute atomic E-state index is 0. The fourth-order valence-corrected chi connectivity index (χ4v) is 2.53. The third kappa shape index (κ3) is 3.61. The molecule has 2 saturated heterocycles. The topological polar surface area (TPSA) is 47.6 Å². The molecule has 5 heteroatoms. The van der Waals surface area contributed by atoms with Gasteiger partial charge in [0.1, 0.15) is 6.61 Å². The molecule has 0 aliphatic carbocycles. The van der Waals surface area contributed by atoms with Crippen molar-refractivity contribution >= 4 is 18.4 Å². The molecular formula is C11H20ClNO3. The molecule has 4 nitrogen and oxygen atoms in total. The molecule has 2 heterocycles. The van der Waals surface area contributed by atoms with Gasteiger partial charge >= 0.3 is 5.97 Å². The number of piperidine rings is 1. The van der Waals surface area contributed by atoms with Crippen molar-refractivity contribution in [1.82, 2.24) is 5.32 Å². The Morgan fingerprint density at radius 1 is 1.31 bits per heavy atom. The van der Waals surface area contributed by atoms with Gasteiger partial charge in [0.25, 0.3) is 0 Å². The minimum Gasteiger partial charge on any atom is -0.464 e. The van der Waals surface area contributed by atoms with Crippen molar-refractivity contribution in [2.75, 3.05) is 13.2 Å². The van der Waals surface area contributed by atoms with Crippen LogP contribution in [0, 0.1) is 0 Å². The number of halogens is 1. The second-order valence-corrected chi connectivity index (χ2v) is 4.35. The summed E-state index contributed by atoms with van der Waals surface area (Å²) in [5.74, 6) is -0.247. The SMILES string of the molecule is CCOC(=O)COC1CC2CCC(C1)N2.Cl. The van der Waals surface area contributed by atoms with Gasteiger partial charge in [0.2, 0.25) is 0 Å². The zero-order valence-electron chi connectivity index (χ0n) is 9.61. The Labute approximate surface area is 102 Å². The fourth-order valence-electron chi connectivity index (χ4n) is 2.53. The summed E-state index contributed by atoms with van der Waals surface area (Å²) in [5.41, 5.74) is 0. The highest BCUT2D eigenvalue weighted by Gasteiger charge is 2.34. The van der Waals surface area contributed by atoms with E-state index in [2.05, 4.69) is 5.32 Å². The van der Waals surface area contributed by atoms with E-state index in [0.29, 0.717) is 18.7 Å². The van der Waals surface area contributed by atoms with Crippen LogP contribution in [0.1, 0.15) is 32.6 Å². The van der Waals surface area contributed by atoms with E-state index in [9.17, 15) is 4.79 Å². The maximum absolute atomic E-state index is 11.1. The zero-order chi connectivity index (χ0) is 10.7. The molecule has 2 aliphatic heterocycles. The van der Waals surface area contributed by atoms with Gasteiger partial charge in [-0.1, -0.05) is 0 Å². The van der Waals surface area contributed by atoms with Crippen LogP contribution in [0.3, 0.4) is 0 Å². The van der Waals surface area contributed by atoms with Gasteiger partial charge in [-0.05, 0) is 32.6 Å². The fraction of sp³-hybridized carbons (Fsp3) is 0.909. The van der Waals surface area contributed by atoms with E-state index in [1.54, 1.807) is 0 Å². The number of nitrogens with one attached hydrogen (secondary N) is 1. The Morgan fingerprint density at radius 2 is 1.94 bits per heavy atom. The summed E-state index contributed by atoms with van der Waals surface area (Å²) in [4.78, 5) is 11.1. The zero-order valence-corrected chi connectivity index (χ0v) is 10.4. The first kappa shape index (κ1) is 13.7. The van der Waals surface area contributed by atoms with Crippen LogP contribution in [0.4, 0.5) is 0 Å². The van der Waals surface area contributed by atoms with E-state index < -0.39 is 0 Å². The van der Waals surface area contributed by atoms with Gasteiger partial charge < -0.3 is 14.8 Å². The Morgan fingerprint density at radius 3 is 2.50 bits per heavy atom. The van der Waals surface area contributed by atoms with Gasteiger partial charge in [0.15, 0.2) is 0 Å². The lowest BCUT2D eigenvalue weighted by molar-refractivity contribution is -0.151. The van der Waals surface area contributed by atoms with Crippen LogP contribution in [-0.4, -0.2) is 37.4 Å². The summed E-state index contributed by atoms with van der Waals surface area (Å²) in [6.45, 7) is 2.35. The summed E-state index contributed by atoms with van der Waals surface area (Å²) in [6, 6.07) is 1.21. The van der Waals surface area contributed by atoms with Gasteiger partial charge in [0.05, 0.1) is 12.7 Å². The number of carbonyl (C=O) groups excluding carboxylic acids is 1. The van der Waals surface area contributed by atoms with Crippen molar-refractivity contribution in [3.8, 4) is 0 Å². The molecule has 2 unspecified atom stereocenters. The Hall–Kier alpha value is -0.320. The lowest BCUT2D eigenvalue weighted by atomic mass is 10.0. The van der Waals surface area contributed by atoms with Crippen LogP contribution in [0.5, 0.6) is 0 Å². The third-order valence-corrected chi connectivity index (χ3v) is 3.17. The molecular weight excluding hydrogens is 230 g/mol. The van der Waals surface area contributed by atoms with Crippen molar-refractivity contribution in [2.24, 2.45) is 0 Å². The van der Waals surface area contributed by atoms with Crippen LogP contribution < -0.4 is 5.32 Å². The standard InChI is InChI=1S/C11H19NO3.ClH/c1-2-14-11(13)7-15-10-5-8-3-4-9(6-10)12-8;/h8-10,12H,2-7H2,1H3;1H. The molecule has 2 fully saturated rings. The first-order valence-electron chi connectivity index (χ1n) is 5.81. The number of carbonyl (C=O) groups is 1. The van der Waals surface area contributed by atoms with E-state index in [1.807, 2.05) is 6.92 Å². The second kappa shape index (κ2) is 6.42. The van der Waals surface area contributed by atoms with E-state index >= 15 is 0 Å². The van der Waals surface area contributed by atoms with Crippen LogP contribution in [0.15, 0.2) is 0 Å². The van der Waals surface area contributed by atoms with E-state index in [-0.39, 0.29) is 31.1 Å². The Bertz CT molecular complexity index is 225. The van der Waals surface area contributed by atoms with Gasteiger partial charge in [-0.15, -0.1) is 12.4 Å². The highest BCUT2D eigenvalue weighted by Crippen LogP contribution is 2.28. The second-order valence-electron chi connectivity index (χ2n) is 4.35. The maximum Gasteiger partial charge on any atom is 0.332 e. The summed E-state index contributed by atoms with van der Waals surface area (Å²) in [6.07, 6.45) is 4.83. The molecule has 94 valence electrons. The van der Waals surface area contributed by atoms with Crippen LogP contribution in [-0.2, 0) is 14.3 Å². The van der Waals surface area contributed by atoms with Gasteiger partial charge in [-0.2, -0.15) is 0 Å². The number of rotatable bonds is 4. The van der Waals surface area contributed by atoms with Crippen molar-refractivity contribution < 1.29 is 14.3 Å². The molecule has 0 aromatic heterocycles. The summed E-state index contributed by atoms with van der Waals surface area (Å²) in [5, 5.41) is 3.54. The van der Waals surface area contributed by atoms with Crippen molar-refractivity contribution in [3.63, 3.8) is 0 Å². The molecule has 0 radical (unpaired) electrons. The largest absolute Gasteiger partial charge is 0.464 e. The van der Waals surface area contributed by atoms with Crippen LogP contribution in [0.25, 0.3) is 0 Å². The third-order valence-electron chi connectivity index (χ3n) is 3.17. The van der Waals surface area contributed by atoms with Gasteiger partial charge in [0, 0.05) is 12.1 Å². The lowest BCUT2D eigenvalue weighted by Crippen LogP contribution is -2.41. The maximum atomic E-state index is 11.1. The molecule has 0 amide bonds. The number of ether oxygens (including phenoxy) is 2. The lowest BCUT2D eigenvalue weighted by Gasteiger charge is -2.28. The molecule has 0 aromatic carbocycles. The molecule has 2 aliphatic rings. The highest BCUT2D eigenvalue weighted by molar-refractivity contribution is 5.85. The minimum atomic E-state index is -0.247. The average Bonchev–Trinajstić information content (AvgIpc) is 2.56. The average molecular weight is 250 g/mol. The van der Waals surface area contributed by atoms with Crippen molar-refractivity contribution in [3.05, 3.63) is 0 Å². The Kier molecular flexibility index (Phi) is 5.52.